The molecule has 1 atom stereocenters. The number of nitrogens with one attached hydrogen (secondary N) is 1. The number of anilines is 1. The van der Waals surface area contributed by atoms with Crippen molar-refractivity contribution >= 4 is 5.69 Å². The molecule has 0 spiro atoms. The van der Waals surface area contributed by atoms with Crippen molar-refractivity contribution in [2.75, 3.05) is 25.5 Å². The van der Waals surface area contributed by atoms with Crippen LogP contribution in [0.5, 0.6) is 0 Å². The van der Waals surface area contributed by atoms with Crippen molar-refractivity contribution in [1.29, 1.82) is 5.26 Å². The monoisotopic (exact) mass is 283 g/mol. The fraction of sp³-hybridized carbons (Fsp3) is 0.500. The van der Waals surface area contributed by atoms with Crippen molar-refractivity contribution in [3.63, 3.8) is 0 Å². The van der Waals surface area contributed by atoms with Crippen molar-refractivity contribution in [3.8, 4) is 6.07 Å². The lowest BCUT2D eigenvalue weighted by Crippen LogP contribution is -2.21. The molecule has 1 aromatic carbocycles. The number of benzene rings is 1. The first-order valence-corrected chi connectivity index (χ1v) is 7.79. The second-order valence-electron chi connectivity index (χ2n) is 5.86. The quantitative estimate of drug-likeness (QED) is 0.807. The van der Waals surface area contributed by atoms with Crippen LogP contribution in [0, 0.1) is 11.3 Å². The summed E-state index contributed by atoms with van der Waals surface area (Å²) < 4.78 is 0. The highest BCUT2D eigenvalue weighted by atomic mass is 15.1. The molecule has 1 N–H and O–H groups in total. The average Bonchev–Trinajstić information content (AvgIpc) is 2.53. The Morgan fingerprint density at radius 3 is 2.57 bits per heavy atom. The van der Waals surface area contributed by atoms with E-state index in [0.717, 1.165) is 24.2 Å². The minimum absolute atomic E-state index is 0.217. The standard InChI is InChI=1S/C18H25N3/c1-21(2)17-10-8-16(9-11-17)18(14-19)20-13-12-15-6-4-3-5-7-15/h6,8-11,18,20H,3-5,7,12-13H2,1-2H3. The van der Waals surface area contributed by atoms with Gasteiger partial charge >= 0.3 is 0 Å². The summed E-state index contributed by atoms with van der Waals surface area (Å²) in [6.07, 6.45) is 8.54. The molecule has 21 heavy (non-hydrogen) atoms. The Labute approximate surface area is 128 Å². The lowest BCUT2D eigenvalue weighted by molar-refractivity contribution is 0.602. The van der Waals surface area contributed by atoms with Crippen molar-refractivity contribution in [2.24, 2.45) is 0 Å². The molecule has 0 saturated carbocycles. The Kier molecular flexibility index (Phi) is 5.83. The smallest absolute Gasteiger partial charge is 0.121 e. The summed E-state index contributed by atoms with van der Waals surface area (Å²) in [6.45, 7) is 0.874. The molecule has 0 saturated heterocycles. The topological polar surface area (TPSA) is 39.1 Å². The van der Waals surface area contributed by atoms with Crippen LogP contribution in [0.3, 0.4) is 0 Å². The number of rotatable bonds is 6. The zero-order valence-corrected chi connectivity index (χ0v) is 13.1. The molecular weight excluding hydrogens is 258 g/mol. The summed E-state index contributed by atoms with van der Waals surface area (Å²) in [7, 11) is 4.04. The Morgan fingerprint density at radius 2 is 2.00 bits per heavy atom. The van der Waals surface area contributed by atoms with Gasteiger partial charge in [-0.25, -0.2) is 0 Å². The van der Waals surface area contributed by atoms with Gasteiger partial charge in [-0.2, -0.15) is 5.26 Å². The largest absolute Gasteiger partial charge is 0.378 e. The third-order valence-corrected chi connectivity index (χ3v) is 4.05. The molecule has 0 fully saturated rings. The van der Waals surface area contributed by atoms with Crippen LogP contribution in [-0.4, -0.2) is 20.6 Å². The molecule has 1 aliphatic carbocycles. The molecule has 3 nitrogen and oxygen atoms in total. The normalized spacial score (nSPS) is 16.0. The molecule has 0 bridgehead atoms. The first-order chi connectivity index (χ1) is 10.2. The van der Waals surface area contributed by atoms with Crippen molar-refractivity contribution < 1.29 is 0 Å². The minimum atomic E-state index is -0.217. The van der Waals surface area contributed by atoms with Crippen LogP contribution in [0.25, 0.3) is 0 Å². The fourth-order valence-corrected chi connectivity index (χ4v) is 2.71. The molecule has 2 rings (SSSR count). The fourth-order valence-electron chi connectivity index (χ4n) is 2.71. The van der Waals surface area contributed by atoms with Gasteiger partial charge in [-0.05, 0) is 49.8 Å². The van der Waals surface area contributed by atoms with Gasteiger partial charge in [0.25, 0.3) is 0 Å². The number of hydrogen-bond donors (Lipinski definition) is 1. The average molecular weight is 283 g/mol. The third-order valence-electron chi connectivity index (χ3n) is 4.05. The van der Waals surface area contributed by atoms with Crippen LogP contribution in [-0.2, 0) is 0 Å². The van der Waals surface area contributed by atoms with Crippen molar-refractivity contribution in [2.45, 2.75) is 38.1 Å². The Balaban J connectivity index is 1.87. The van der Waals surface area contributed by atoms with Gasteiger partial charge in [-0.3, -0.25) is 5.32 Å². The van der Waals surface area contributed by atoms with Crippen LogP contribution >= 0.6 is 0 Å². The second kappa shape index (κ2) is 7.85. The highest BCUT2D eigenvalue weighted by Gasteiger charge is 2.10. The van der Waals surface area contributed by atoms with Crippen LogP contribution < -0.4 is 10.2 Å². The molecule has 0 radical (unpaired) electrons. The third kappa shape index (κ3) is 4.61. The summed E-state index contributed by atoms with van der Waals surface area (Å²) in [5.74, 6) is 0. The molecule has 0 aliphatic heterocycles. The summed E-state index contributed by atoms with van der Waals surface area (Å²) in [6, 6.07) is 10.3. The number of nitrogens with zero attached hydrogens (tertiary/aromatic N) is 2. The zero-order chi connectivity index (χ0) is 15.1. The highest BCUT2D eigenvalue weighted by molar-refractivity contribution is 5.47. The Morgan fingerprint density at radius 1 is 1.24 bits per heavy atom. The van der Waals surface area contributed by atoms with E-state index < -0.39 is 0 Å². The van der Waals surface area contributed by atoms with Gasteiger partial charge < -0.3 is 4.90 Å². The molecule has 1 aliphatic rings. The van der Waals surface area contributed by atoms with Gasteiger partial charge in [0.2, 0.25) is 0 Å². The molecule has 0 aromatic heterocycles. The van der Waals surface area contributed by atoms with E-state index in [2.05, 4.69) is 34.5 Å². The molecule has 1 unspecified atom stereocenters. The lowest BCUT2D eigenvalue weighted by atomic mass is 9.97. The van der Waals surface area contributed by atoms with Gasteiger partial charge in [0, 0.05) is 26.3 Å². The van der Waals surface area contributed by atoms with Crippen LogP contribution in [0.1, 0.15) is 43.7 Å². The van der Waals surface area contributed by atoms with Gasteiger partial charge in [0.05, 0.1) is 6.07 Å². The highest BCUT2D eigenvalue weighted by Crippen LogP contribution is 2.21. The van der Waals surface area contributed by atoms with Gasteiger partial charge in [0.1, 0.15) is 6.04 Å². The lowest BCUT2D eigenvalue weighted by Gasteiger charge is -2.17. The number of hydrogen-bond acceptors (Lipinski definition) is 3. The maximum atomic E-state index is 9.36. The van der Waals surface area contributed by atoms with Crippen LogP contribution in [0.4, 0.5) is 5.69 Å². The first-order valence-electron chi connectivity index (χ1n) is 7.79. The molecule has 0 amide bonds. The molecule has 0 heterocycles. The van der Waals surface area contributed by atoms with Crippen molar-refractivity contribution in [1.82, 2.24) is 5.32 Å². The maximum Gasteiger partial charge on any atom is 0.121 e. The first kappa shape index (κ1) is 15.6. The summed E-state index contributed by atoms with van der Waals surface area (Å²) in [5.41, 5.74) is 3.75. The minimum Gasteiger partial charge on any atom is -0.378 e. The van der Waals surface area contributed by atoms with Gasteiger partial charge in [-0.15, -0.1) is 0 Å². The molecule has 1 aromatic rings. The van der Waals surface area contributed by atoms with Gasteiger partial charge in [0.15, 0.2) is 0 Å². The zero-order valence-electron chi connectivity index (χ0n) is 13.1. The summed E-state index contributed by atoms with van der Waals surface area (Å²) >= 11 is 0. The van der Waals surface area contributed by atoms with E-state index >= 15 is 0 Å². The molecule has 112 valence electrons. The molecular formula is C18H25N3. The summed E-state index contributed by atoms with van der Waals surface area (Å²) in [4.78, 5) is 2.06. The van der Waals surface area contributed by atoms with E-state index in [9.17, 15) is 5.26 Å². The van der Waals surface area contributed by atoms with Gasteiger partial charge in [-0.1, -0.05) is 23.8 Å². The number of allylic oxidation sites excluding steroid dienone is 1. The van der Waals surface area contributed by atoms with E-state index in [-0.39, 0.29) is 6.04 Å². The Hall–Kier alpha value is -1.79. The molecule has 3 heteroatoms. The second-order valence-corrected chi connectivity index (χ2v) is 5.86. The number of nitriles is 1. The van der Waals surface area contributed by atoms with E-state index in [0.29, 0.717) is 0 Å². The van der Waals surface area contributed by atoms with E-state index in [4.69, 9.17) is 0 Å². The van der Waals surface area contributed by atoms with E-state index in [1.165, 1.54) is 25.7 Å². The van der Waals surface area contributed by atoms with E-state index in [1.54, 1.807) is 5.57 Å². The predicted molar refractivity (Wildman–Crippen MR) is 88.3 cm³/mol. The van der Waals surface area contributed by atoms with Crippen LogP contribution in [0.15, 0.2) is 35.9 Å². The van der Waals surface area contributed by atoms with Crippen LogP contribution in [0.2, 0.25) is 0 Å². The van der Waals surface area contributed by atoms with Crippen molar-refractivity contribution in [3.05, 3.63) is 41.5 Å². The Bertz CT molecular complexity index is 508. The maximum absolute atomic E-state index is 9.36. The SMILES string of the molecule is CN(C)c1ccc(C(C#N)NCCC2=CCCCC2)cc1. The summed E-state index contributed by atoms with van der Waals surface area (Å²) in [5, 5.41) is 12.7. The predicted octanol–water partition coefficient (Wildman–Crippen LogP) is 3.80. The van der Waals surface area contributed by atoms with E-state index in [1.807, 2.05) is 26.2 Å².